The molecule has 7 nitrogen and oxygen atoms in total. The van der Waals surface area contributed by atoms with Gasteiger partial charge in [-0.15, -0.1) is 0 Å². The van der Waals surface area contributed by atoms with E-state index in [2.05, 4.69) is 10.3 Å². The second-order valence-corrected chi connectivity index (χ2v) is 6.95. The van der Waals surface area contributed by atoms with E-state index in [0.717, 1.165) is 11.1 Å². The zero-order valence-corrected chi connectivity index (χ0v) is 15.3. The van der Waals surface area contributed by atoms with Crippen LogP contribution in [-0.2, 0) is 11.2 Å². The van der Waals surface area contributed by atoms with Crippen molar-refractivity contribution in [1.29, 1.82) is 0 Å². The number of amides is 1. The number of nitrogens with zero attached hydrogens (tertiary/aromatic N) is 2. The Morgan fingerprint density at radius 1 is 1.27 bits per heavy atom. The molecule has 1 heterocycles. The van der Waals surface area contributed by atoms with Crippen LogP contribution >= 0.6 is 11.3 Å². The molecule has 0 aliphatic heterocycles. The SMILES string of the molecule is COc1cc([N+](=O)[O-])cc2sc(NC(=O)Cc3ccc(C)c(C)c3)nc12. The fourth-order valence-electron chi connectivity index (χ4n) is 2.56. The van der Waals surface area contributed by atoms with E-state index >= 15 is 0 Å². The maximum Gasteiger partial charge on any atom is 0.274 e. The van der Waals surface area contributed by atoms with Gasteiger partial charge in [0, 0.05) is 6.07 Å². The molecule has 1 amide bonds. The number of ether oxygens (including phenoxy) is 1. The second-order valence-electron chi connectivity index (χ2n) is 5.91. The number of benzene rings is 2. The van der Waals surface area contributed by atoms with Gasteiger partial charge in [-0.2, -0.15) is 0 Å². The van der Waals surface area contributed by atoms with Gasteiger partial charge in [-0.25, -0.2) is 4.98 Å². The lowest BCUT2D eigenvalue weighted by atomic mass is 10.0. The lowest BCUT2D eigenvalue weighted by molar-refractivity contribution is -0.384. The second kappa shape index (κ2) is 7.09. The Hall–Kier alpha value is -3.00. The van der Waals surface area contributed by atoms with Crippen molar-refractivity contribution in [3.05, 3.63) is 57.1 Å². The summed E-state index contributed by atoms with van der Waals surface area (Å²) in [7, 11) is 1.43. The van der Waals surface area contributed by atoms with Gasteiger partial charge in [0.15, 0.2) is 10.9 Å². The Kier molecular flexibility index (Phi) is 4.85. The van der Waals surface area contributed by atoms with E-state index in [4.69, 9.17) is 4.74 Å². The molecular formula is C18H17N3O4S. The monoisotopic (exact) mass is 371 g/mol. The van der Waals surface area contributed by atoms with Crippen LogP contribution in [0.4, 0.5) is 10.8 Å². The molecule has 134 valence electrons. The molecule has 3 rings (SSSR count). The topological polar surface area (TPSA) is 94.4 Å². The molecule has 26 heavy (non-hydrogen) atoms. The van der Waals surface area contributed by atoms with Crippen LogP contribution in [0.25, 0.3) is 10.2 Å². The van der Waals surface area contributed by atoms with Gasteiger partial charge in [0.2, 0.25) is 5.91 Å². The van der Waals surface area contributed by atoms with Crippen LogP contribution in [0.15, 0.2) is 30.3 Å². The number of nitrogens with one attached hydrogen (secondary N) is 1. The summed E-state index contributed by atoms with van der Waals surface area (Å²) >= 11 is 1.18. The summed E-state index contributed by atoms with van der Waals surface area (Å²) in [5.41, 5.74) is 3.64. The minimum Gasteiger partial charge on any atom is -0.494 e. The third-order valence-corrected chi connectivity index (χ3v) is 4.98. The smallest absolute Gasteiger partial charge is 0.274 e. The van der Waals surface area contributed by atoms with Crippen molar-refractivity contribution < 1.29 is 14.5 Å². The Labute approximate surface area is 153 Å². The summed E-state index contributed by atoms with van der Waals surface area (Å²) < 4.78 is 5.76. The van der Waals surface area contributed by atoms with E-state index in [9.17, 15) is 14.9 Å². The standard InChI is InChI=1S/C18H17N3O4S/c1-10-4-5-12(6-11(10)2)7-16(22)19-18-20-17-14(25-3)8-13(21(23)24)9-15(17)26-18/h4-6,8-9H,7H2,1-3H3,(H,19,20,22). The van der Waals surface area contributed by atoms with Crippen LogP contribution in [0.2, 0.25) is 0 Å². The summed E-state index contributed by atoms with van der Waals surface area (Å²) in [5, 5.41) is 14.2. The molecule has 2 aromatic carbocycles. The molecule has 0 radical (unpaired) electrons. The summed E-state index contributed by atoms with van der Waals surface area (Å²) in [6.07, 6.45) is 0.230. The number of fused-ring (bicyclic) bond motifs is 1. The van der Waals surface area contributed by atoms with Crippen LogP contribution < -0.4 is 10.1 Å². The van der Waals surface area contributed by atoms with Crippen LogP contribution in [0.5, 0.6) is 5.75 Å². The molecular weight excluding hydrogens is 354 g/mol. The third kappa shape index (κ3) is 3.65. The summed E-state index contributed by atoms with van der Waals surface area (Å²) in [6.45, 7) is 4.02. The molecule has 0 spiro atoms. The number of nitro groups is 1. The first kappa shape index (κ1) is 17.8. The van der Waals surface area contributed by atoms with Gasteiger partial charge in [-0.3, -0.25) is 14.9 Å². The van der Waals surface area contributed by atoms with E-state index < -0.39 is 4.92 Å². The number of methoxy groups -OCH3 is 1. The molecule has 0 aliphatic carbocycles. The van der Waals surface area contributed by atoms with Crippen LogP contribution in [0.1, 0.15) is 16.7 Å². The number of carbonyl (C=O) groups excluding carboxylic acids is 1. The Morgan fingerprint density at radius 3 is 2.69 bits per heavy atom. The van der Waals surface area contributed by atoms with Gasteiger partial charge in [-0.05, 0) is 30.5 Å². The number of nitro benzene ring substituents is 1. The number of aryl methyl sites for hydroxylation is 2. The van der Waals surface area contributed by atoms with E-state index in [-0.39, 0.29) is 18.0 Å². The van der Waals surface area contributed by atoms with Gasteiger partial charge in [0.1, 0.15) is 5.52 Å². The highest BCUT2D eigenvalue weighted by molar-refractivity contribution is 7.22. The highest BCUT2D eigenvalue weighted by Gasteiger charge is 2.17. The van der Waals surface area contributed by atoms with E-state index in [1.165, 1.54) is 36.1 Å². The number of rotatable bonds is 5. The van der Waals surface area contributed by atoms with Gasteiger partial charge >= 0.3 is 0 Å². The van der Waals surface area contributed by atoms with Gasteiger partial charge in [0.25, 0.3) is 5.69 Å². The zero-order chi connectivity index (χ0) is 18.8. The summed E-state index contributed by atoms with van der Waals surface area (Å²) in [6, 6.07) is 8.64. The number of hydrogen-bond donors (Lipinski definition) is 1. The zero-order valence-electron chi connectivity index (χ0n) is 14.5. The normalized spacial score (nSPS) is 10.7. The van der Waals surface area contributed by atoms with E-state index in [0.29, 0.717) is 21.1 Å². The lowest BCUT2D eigenvalue weighted by Crippen LogP contribution is -2.14. The number of non-ortho nitro benzene ring substituents is 1. The average molecular weight is 371 g/mol. The summed E-state index contributed by atoms with van der Waals surface area (Å²) in [5.74, 6) is 0.112. The molecule has 0 atom stereocenters. The molecule has 0 aliphatic rings. The quantitative estimate of drug-likeness (QED) is 0.540. The predicted molar refractivity (Wildman–Crippen MR) is 101 cm³/mol. The minimum atomic E-state index is -0.486. The van der Waals surface area contributed by atoms with Gasteiger partial charge in [-0.1, -0.05) is 29.5 Å². The van der Waals surface area contributed by atoms with E-state index in [1.54, 1.807) is 0 Å². The Bertz CT molecular complexity index is 1010. The third-order valence-electron chi connectivity index (χ3n) is 4.06. The first-order valence-corrected chi connectivity index (χ1v) is 8.68. The highest BCUT2D eigenvalue weighted by atomic mass is 32.1. The summed E-state index contributed by atoms with van der Waals surface area (Å²) in [4.78, 5) is 27.2. The van der Waals surface area contributed by atoms with Crippen molar-refractivity contribution in [3.63, 3.8) is 0 Å². The van der Waals surface area contributed by atoms with Crippen molar-refractivity contribution in [1.82, 2.24) is 4.98 Å². The minimum absolute atomic E-state index is 0.0778. The highest BCUT2D eigenvalue weighted by Crippen LogP contribution is 2.36. The number of hydrogen-bond acceptors (Lipinski definition) is 6. The fraction of sp³-hybridized carbons (Fsp3) is 0.222. The molecule has 0 saturated heterocycles. The van der Waals surface area contributed by atoms with Crippen LogP contribution in [-0.4, -0.2) is 22.9 Å². The first-order chi connectivity index (χ1) is 12.4. The Morgan fingerprint density at radius 2 is 2.04 bits per heavy atom. The van der Waals surface area contributed by atoms with Crippen molar-refractivity contribution >= 4 is 38.3 Å². The molecule has 3 aromatic rings. The number of thiazole rings is 1. The van der Waals surface area contributed by atoms with E-state index in [1.807, 2.05) is 32.0 Å². The van der Waals surface area contributed by atoms with Crippen LogP contribution in [0.3, 0.4) is 0 Å². The average Bonchev–Trinajstić information content (AvgIpc) is 2.99. The Balaban J connectivity index is 1.83. The molecule has 0 unspecified atom stereocenters. The van der Waals surface area contributed by atoms with Crippen molar-refractivity contribution in [3.8, 4) is 5.75 Å². The van der Waals surface area contributed by atoms with Crippen molar-refractivity contribution in [2.24, 2.45) is 0 Å². The van der Waals surface area contributed by atoms with Crippen LogP contribution in [0, 0.1) is 24.0 Å². The number of anilines is 1. The van der Waals surface area contributed by atoms with Crippen molar-refractivity contribution in [2.45, 2.75) is 20.3 Å². The first-order valence-electron chi connectivity index (χ1n) is 7.86. The largest absolute Gasteiger partial charge is 0.494 e. The van der Waals surface area contributed by atoms with Gasteiger partial charge in [0.05, 0.1) is 29.2 Å². The molecule has 1 N–H and O–H groups in total. The lowest BCUT2D eigenvalue weighted by Gasteiger charge is -2.05. The maximum atomic E-state index is 12.3. The predicted octanol–water partition coefficient (Wildman–Crippen LogP) is 4.01. The maximum absolute atomic E-state index is 12.3. The van der Waals surface area contributed by atoms with Gasteiger partial charge < -0.3 is 10.1 Å². The molecule has 0 saturated carbocycles. The molecule has 8 heteroatoms. The number of carbonyl (C=O) groups is 1. The van der Waals surface area contributed by atoms with Crippen molar-refractivity contribution in [2.75, 3.05) is 12.4 Å². The molecule has 1 aromatic heterocycles. The number of aromatic nitrogens is 1. The molecule has 0 bridgehead atoms. The molecule has 0 fully saturated rings. The fourth-order valence-corrected chi connectivity index (χ4v) is 3.49.